The topological polar surface area (TPSA) is 35.6 Å². The van der Waals surface area contributed by atoms with Crippen molar-refractivity contribution in [3.8, 4) is 0 Å². The van der Waals surface area contributed by atoms with Crippen molar-refractivity contribution in [3.63, 3.8) is 0 Å². The molecule has 1 fully saturated rings. The molecule has 1 amide bonds. The van der Waals surface area contributed by atoms with Crippen LogP contribution in [0.2, 0.25) is 0 Å². The van der Waals surface area contributed by atoms with E-state index in [1.54, 1.807) is 11.3 Å². The number of fused-ring (bicyclic) bond motifs is 1. The van der Waals surface area contributed by atoms with Gasteiger partial charge in [0.05, 0.1) is 8.79 Å². The first-order chi connectivity index (χ1) is 13.5. The van der Waals surface area contributed by atoms with Crippen molar-refractivity contribution >= 4 is 43.9 Å². The Bertz CT molecular complexity index is 859. The monoisotopic (exact) mass is 461 g/mol. The fraction of sp³-hybridized carbons (Fsp3) is 0.500. The van der Waals surface area contributed by atoms with Gasteiger partial charge in [0.15, 0.2) is 0 Å². The number of thiophene rings is 1. The molecule has 0 radical (unpaired) electrons. The van der Waals surface area contributed by atoms with Crippen molar-refractivity contribution in [2.24, 2.45) is 0 Å². The largest absolute Gasteiger partial charge is 0.352 e. The number of nitrogens with one attached hydrogen (secondary N) is 1. The first kappa shape index (κ1) is 19.9. The molecule has 2 aliphatic rings. The Hall–Kier alpha value is -1.37. The highest BCUT2D eigenvalue weighted by Gasteiger charge is 2.45. The van der Waals surface area contributed by atoms with E-state index in [1.807, 2.05) is 0 Å². The standard InChI is InChI=1S/C22H28BrN3OS/c1-25-13-9-16-5-6-18(15-17(16)10-14-25)24-21(27)22(11-3-4-12-22)26(2)20-8-7-19(23)28-20/h5-8,15H,3-4,9-14H2,1-2H3,(H,24,27). The average molecular weight is 462 g/mol. The maximum absolute atomic E-state index is 13.5. The molecule has 1 N–H and O–H groups in total. The predicted molar refractivity (Wildman–Crippen MR) is 122 cm³/mol. The first-order valence-corrected chi connectivity index (χ1v) is 11.7. The van der Waals surface area contributed by atoms with Crippen LogP contribution in [0.15, 0.2) is 34.1 Å². The average Bonchev–Trinajstić information content (AvgIpc) is 3.31. The highest BCUT2D eigenvalue weighted by molar-refractivity contribution is 9.11. The van der Waals surface area contributed by atoms with E-state index in [9.17, 15) is 4.79 Å². The SMILES string of the molecule is CN1CCc2ccc(NC(=O)C3(N(C)c4ccc(Br)s4)CCCC3)cc2CC1. The molecule has 0 saturated heterocycles. The number of amides is 1. The summed E-state index contributed by atoms with van der Waals surface area (Å²) in [5, 5.41) is 4.40. The zero-order valence-corrected chi connectivity index (χ0v) is 19.0. The van der Waals surface area contributed by atoms with Crippen LogP contribution in [0.1, 0.15) is 36.8 Å². The van der Waals surface area contributed by atoms with Gasteiger partial charge in [0, 0.05) is 25.8 Å². The number of halogens is 1. The van der Waals surface area contributed by atoms with Crippen LogP contribution in [0.3, 0.4) is 0 Å². The lowest BCUT2D eigenvalue weighted by Gasteiger charge is -2.38. The molecule has 150 valence electrons. The van der Waals surface area contributed by atoms with E-state index >= 15 is 0 Å². The van der Waals surface area contributed by atoms with E-state index in [2.05, 4.69) is 75.5 Å². The summed E-state index contributed by atoms with van der Waals surface area (Å²) in [6.45, 7) is 2.17. The van der Waals surface area contributed by atoms with Crippen LogP contribution in [0, 0.1) is 0 Å². The fourth-order valence-electron chi connectivity index (χ4n) is 4.53. The van der Waals surface area contributed by atoms with E-state index in [0.29, 0.717) is 0 Å². The van der Waals surface area contributed by atoms with Crippen LogP contribution >= 0.6 is 27.3 Å². The highest BCUT2D eigenvalue weighted by atomic mass is 79.9. The molecule has 0 atom stereocenters. The van der Waals surface area contributed by atoms with Crippen molar-refractivity contribution in [1.29, 1.82) is 0 Å². The van der Waals surface area contributed by atoms with E-state index < -0.39 is 5.54 Å². The summed E-state index contributed by atoms with van der Waals surface area (Å²) in [7, 11) is 4.24. The lowest BCUT2D eigenvalue weighted by Crippen LogP contribution is -2.53. The van der Waals surface area contributed by atoms with Gasteiger partial charge in [-0.1, -0.05) is 18.9 Å². The molecule has 1 saturated carbocycles. The van der Waals surface area contributed by atoms with Crippen LogP contribution in [0.5, 0.6) is 0 Å². The summed E-state index contributed by atoms with van der Waals surface area (Å²) in [4.78, 5) is 18.1. The highest BCUT2D eigenvalue weighted by Crippen LogP contribution is 2.41. The summed E-state index contributed by atoms with van der Waals surface area (Å²) in [6, 6.07) is 10.6. The number of hydrogen-bond acceptors (Lipinski definition) is 4. The second-order valence-electron chi connectivity index (χ2n) is 8.12. The minimum absolute atomic E-state index is 0.128. The molecular weight excluding hydrogens is 434 g/mol. The number of nitrogens with zero attached hydrogens (tertiary/aromatic N) is 2. The Morgan fingerprint density at radius 1 is 1.14 bits per heavy atom. The molecule has 0 spiro atoms. The summed E-state index contributed by atoms with van der Waals surface area (Å²) in [6.07, 6.45) is 6.13. The summed E-state index contributed by atoms with van der Waals surface area (Å²) in [5.41, 5.74) is 3.26. The summed E-state index contributed by atoms with van der Waals surface area (Å²) >= 11 is 5.23. The van der Waals surface area contributed by atoms with Crippen molar-refractivity contribution < 1.29 is 4.79 Å². The van der Waals surface area contributed by atoms with Gasteiger partial charge in [-0.15, -0.1) is 11.3 Å². The molecule has 4 rings (SSSR count). The van der Waals surface area contributed by atoms with Gasteiger partial charge in [-0.05, 0) is 84.1 Å². The van der Waals surface area contributed by atoms with E-state index in [-0.39, 0.29) is 5.91 Å². The molecule has 0 bridgehead atoms. The quantitative estimate of drug-likeness (QED) is 0.700. The third kappa shape index (κ3) is 3.87. The number of carbonyl (C=O) groups is 1. The maximum atomic E-state index is 13.5. The van der Waals surface area contributed by atoms with Gasteiger partial charge in [-0.2, -0.15) is 0 Å². The molecule has 28 heavy (non-hydrogen) atoms. The van der Waals surface area contributed by atoms with Crippen LogP contribution < -0.4 is 10.2 Å². The summed E-state index contributed by atoms with van der Waals surface area (Å²) in [5.74, 6) is 0.128. The van der Waals surface area contributed by atoms with E-state index in [1.165, 1.54) is 11.1 Å². The van der Waals surface area contributed by atoms with Crippen molar-refractivity contribution in [2.75, 3.05) is 37.4 Å². The lowest BCUT2D eigenvalue weighted by atomic mass is 9.94. The van der Waals surface area contributed by atoms with Gasteiger partial charge < -0.3 is 15.1 Å². The van der Waals surface area contributed by atoms with Crippen molar-refractivity contribution in [3.05, 3.63) is 45.2 Å². The predicted octanol–water partition coefficient (Wildman–Crippen LogP) is 4.93. The van der Waals surface area contributed by atoms with Gasteiger partial charge in [0.25, 0.3) is 0 Å². The maximum Gasteiger partial charge on any atom is 0.250 e. The second kappa shape index (κ2) is 8.17. The van der Waals surface area contributed by atoms with Crippen LogP contribution in [0.25, 0.3) is 0 Å². The molecule has 1 aliphatic heterocycles. The normalized spacial score (nSPS) is 19.1. The van der Waals surface area contributed by atoms with Gasteiger partial charge in [-0.25, -0.2) is 0 Å². The number of hydrogen-bond donors (Lipinski definition) is 1. The third-order valence-electron chi connectivity index (χ3n) is 6.37. The fourth-order valence-corrected chi connectivity index (χ4v) is 5.95. The smallest absolute Gasteiger partial charge is 0.250 e. The van der Waals surface area contributed by atoms with Gasteiger partial charge in [-0.3, -0.25) is 4.79 Å². The Labute approximate surface area is 180 Å². The number of likely N-dealkylation sites (N-methyl/N-ethyl adjacent to an activating group) is 2. The van der Waals surface area contributed by atoms with Gasteiger partial charge >= 0.3 is 0 Å². The molecule has 1 aromatic carbocycles. The number of anilines is 2. The van der Waals surface area contributed by atoms with Crippen molar-refractivity contribution in [2.45, 2.75) is 44.1 Å². The molecule has 0 unspecified atom stereocenters. The Morgan fingerprint density at radius 3 is 2.54 bits per heavy atom. The third-order valence-corrected chi connectivity index (χ3v) is 8.07. The molecule has 2 heterocycles. The lowest BCUT2D eigenvalue weighted by molar-refractivity contribution is -0.121. The first-order valence-electron chi connectivity index (χ1n) is 10.1. The zero-order valence-electron chi connectivity index (χ0n) is 16.6. The Morgan fingerprint density at radius 2 is 1.86 bits per heavy atom. The van der Waals surface area contributed by atoms with E-state index in [4.69, 9.17) is 0 Å². The molecule has 4 nitrogen and oxygen atoms in total. The van der Waals surface area contributed by atoms with Crippen LogP contribution in [-0.2, 0) is 17.6 Å². The number of benzene rings is 1. The van der Waals surface area contributed by atoms with Crippen LogP contribution in [-0.4, -0.2) is 43.5 Å². The second-order valence-corrected chi connectivity index (χ2v) is 10.6. The molecular formula is C22H28BrN3OS. The molecule has 1 aliphatic carbocycles. The zero-order chi connectivity index (χ0) is 19.7. The molecule has 6 heteroatoms. The van der Waals surface area contributed by atoms with Gasteiger partial charge in [0.1, 0.15) is 5.54 Å². The van der Waals surface area contributed by atoms with Gasteiger partial charge in [0.2, 0.25) is 5.91 Å². The molecule has 2 aromatic rings. The minimum Gasteiger partial charge on any atom is -0.352 e. The van der Waals surface area contributed by atoms with Crippen molar-refractivity contribution in [1.82, 2.24) is 4.90 Å². The number of carbonyl (C=O) groups excluding carboxylic acids is 1. The minimum atomic E-state index is -0.461. The molecule has 1 aromatic heterocycles. The van der Waals surface area contributed by atoms with Crippen LogP contribution in [0.4, 0.5) is 10.7 Å². The van der Waals surface area contributed by atoms with E-state index in [0.717, 1.165) is 66.1 Å². The Balaban J connectivity index is 1.56. The Kier molecular flexibility index (Phi) is 5.81. The number of rotatable bonds is 4. The summed E-state index contributed by atoms with van der Waals surface area (Å²) < 4.78 is 1.10.